The van der Waals surface area contributed by atoms with E-state index in [0.717, 1.165) is 17.7 Å². The molecule has 1 aromatic rings. The first kappa shape index (κ1) is 17.8. The van der Waals surface area contributed by atoms with E-state index >= 15 is 0 Å². The average Bonchev–Trinajstić information content (AvgIpc) is 2.53. The van der Waals surface area contributed by atoms with Crippen LogP contribution < -0.4 is 5.32 Å². The number of carbonyl (C=O) groups excluding carboxylic acids is 1. The van der Waals surface area contributed by atoms with Crippen molar-refractivity contribution in [3.05, 3.63) is 29.8 Å². The van der Waals surface area contributed by atoms with Gasteiger partial charge in [-0.05, 0) is 50.3 Å². The van der Waals surface area contributed by atoms with Crippen LogP contribution >= 0.6 is 0 Å². The maximum atomic E-state index is 12.5. The van der Waals surface area contributed by atoms with E-state index in [0.29, 0.717) is 18.6 Å². The average molecular weight is 318 g/mol. The molecule has 2 atom stereocenters. The summed E-state index contributed by atoms with van der Waals surface area (Å²) in [5.41, 5.74) is 1.90. The molecule has 23 heavy (non-hydrogen) atoms. The zero-order valence-corrected chi connectivity index (χ0v) is 14.8. The Labute approximate surface area is 140 Å². The predicted octanol–water partition coefficient (Wildman–Crippen LogP) is 4.65. The molecule has 0 bridgehead atoms. The predicted molar refractivity (Wildman–Crippen MR) is 94.6 cm³/mol. The van der Waals surface area contributed by atoms with Gasteiger partial charge in [-0.2, -0.15) is 0 Å². The summed E-state index contributed by atoms with van der Waals surface area (Å²) < 4.78 is 5.62. The SMILES string of the molecule is CC(C)OCc1cccc(NC(=O)N(C)[C@H]2CCCC[C@@H]2C)c1. The smallest absolute Gasteiger partial charge is 0.321 e. The van der Waals surface area contributed by atoms with Crippen molar-refractivity contribution in [2.24, 2.45) is 5.92 Å². The van der Waals surface area contributed by atoms with Crippen molar-refractivity contribution in [2.75, 3.05) is 12.4 Å². The molecule has 2 amide bonds. The van der Waals surface area contributed by atoms with Crippen LogP contribution in [0.25, 0.3) is 0 Å². The van der Waals surface area contributed by atoms with Crippen LogP contribution in [0.1, 0.15) is 52.0 Å². The lowest BCUT2D eigenvalue weighted by atomic mass is 9.85. The minimum atomic E-state index is -0.0225. The largest absolute Gasteiger partial charge is 0.374 e. The van der Waals surface area contributed by atoms with Crippen LogP contribution in [-0.2, 0) is 11.3 Å². The van der Waals surface area contributed by atoms with E-state index in [9.17, 15) is 4.79 Å². The number of ether oxygens (including phenoxy) is 1. The summed E-state index contributed by atoms with van der Waals surface area (Å²) in [5, 5.41) is 3.02. The summed E-state index contributed by atoms with van der Waals surface area (Å²) >= 11 is 0. The van der Waals surface area contributed by atoms with Gasteiger partial charge in [-0.1, -0.05) is 31.9 Å². The molecule has 0 spiro atoms. The molecule has 1 fully saturated rings. The molecule has 2 rings (SSSR count). The molecule has 0 aromatic heterocycles. The number of nitrogens with zero attached hydrogens (tertiary/aromatic N) is 1. The van der Waals surface area contributed by atoms with E-state index in [1.54, 1.807) is 0 Å². The van der Waals surface area contributed by atoms with E-state index in [-0.39, 0.29) is 12.1 Å². The van der Waals surface area contributed by atoms with Crippen molar-refractivity contribution in [3.63, 3.8) is 0 Å². The van der Waals surface area contributed by atoms with Crippen molar-refractivity contribution in [1.29, 1.82) is 0 Å². The van der Waals surface area contributed by atoms with Crippen LogP contribution in [-0.4, -0.2) is 30.1 Å². The van der Waals surface area contributed by atoms with E-state index in [2.05, 4.69) is 12.2 Å². The third-order valence-corrected chi connectivity index (χ3v) is 4.65. The molecule has 0 radical (unpaired) electrons. The highest BCUT2D eigenvalue weighted by atomic mass is 16.5. The summed E-state index contributed by atoms with van der Waals surface area (Å²) in [6, 6.07) is 8.21. The number of hydrogen-bond acceptors (Lipinski definition) is 2. The quantitative estimate of drug-likeness (QED) is 0.858. The summed E-state index contributed by atoms with van der Waals surface area (Å²) in [5.74, 6) is 0.574. The Bertz CT molecular complexity index is 516. The molecule has 0 aliphatic heterocycles. The Morgan fingerprint density at radius 2 is 2.09 bits per heavy atom. The highest BCUT2D eigenvalue weighted by molar-refractivity contribution is 5.89. The number of benzene rings is 1. The highest BCUT2D eigenvalue weighted by Gasteiger charge is 2.27. The van der Waals surface area contributed by atoms with Gasteiger partial charge in [0.25, 0.3) is 0 Å². The van der Waals surface area contributed by atoms with Crippen molar-refractivity contribution in [3.8, 4) is 0 Å². The Hall–Kier alpha value is -1.55. The molecule has 1 N–H and O–H groups in total. The fourth-order valence-corrected chi connectivity index (χ4v) is 3.24. The first-order valence-corrected chi connectivity index (χ1v) is 8.71. The van der Waals surface area contributed by atoms with Gasteiger partial charge in [0.15, 0.2) is 0 Å². The number of amides is 2. The first-order valence-electron chi connectivity index (χ1n) is 8.71. The lowest BCUT2D eigenvalue weighted by molar-refractivity contribution is 0.0657. The van der Waals surface area contributed by atoms with Gasteiger partial charge in [-0.3, -0.25) is 0 Å². The summed E-state index contributed by atoms with van der Waals surface area (Å²) in [6.45, 7) is 6.85. The normalized spacial score (nSPS) is 21.3. The van der Waals surface area contributed by atoms with Crippen LogP contribution in [0, 0.1) is 5.92 Å². The minimum absolute atomic E-state index is 0.0225. The fourth-order valence-electron chi connectivity index (χ4n) is 3.24. The molecule has 4 heteroatoms. The molecule has 0 saturated heterocycles. The van der Waals surface area contributed by atoms with Crippen LogP contribution in [0.15, 0.2) is 24.3 Å². The van der Waals surface area contributed by atoms with Gasteiger partial charge >= 0.3 is 6.03 Å². The molecule has 4 nitrogen and oxygen atoms in total. The van der Waals surface area contributed by atoms with Crippen LogP contribution in [0.5, 0.6) is 0 Å². The number of rotatable bonds is 5. The minimum Gasteiger partial charge on any atom is -0.374 e. The fraction of sp³-hybridized carbons (Fsp3) is 0.632. The van der Waals surface area contributed by atoms with Crippen molar-refractivity contribution in [1.82, 2.24) is 4.90 Å². The Morgan fingerprint density at radius 1 is 1.35 bits per heavy atom. The summed E-state index contributed by atoms with van der Waals surface area (Å²) in [4.78, 5) is 14.4. The Kier molecular flexibility index (Phi) is 6.46. The maximum Gasteiger partial charge on any atom is 0.321 e. The monoisotopic (exact) mass is 318 g/mol. The second-order valence-corrected chi connectivity index (χ2v) is 6.93. The molecule has 1 aliphatic rings. The first-order chi connectivity index (χ1) is 11.0. The molecule has 1 aliphatic carbocycles. The molecular formula is C19H30N2O2. The Balaban J connectivity index is 1.95. The Morgan fingerprint density at radius 3 is 2.78 bits per heavy atom. The van der Waals surface area contributed by atoms with Gasteiger partial charge < -0.3 is 15.0 Å². The van der Waals surface area contributed by atoms with E-state index in [4.69, 9.17) is 4.74 Å². The second-order valence-electron chi connectivity index (χ2n) is 6.93. The molecular weight excluding hydrogens is 288 g/mol. The van der Waals surface area contributed by atoms with Crippen LogP contribution in [0.2, 0.25) is 0 Å². The van der Waals surface area contributed by atoms with E-state index < -0.39 is 0 Å². The summed E-state index contributed by atoms with van der Waals surface area (Å²) in [6.07, 6.45) is 5.02. The zero-order chi connectivity index (χ0) is 16.8. The van der Waals surface area contributed by atoms with Gasteiger partial charge in [0.05, 0.1) is 12.7 Å². The van der Waals surface area contributed by atoms with E-state index in [1.165, 1.54) is 19.3 Å². The van der Waals surface area contributed by atoms with Crippen molar-refractivity contribution in [2.45, 2.75) is 65.2 Å². The third-order valence-electron chi connectivity index (χ3n) is 4.65. The van der Waals surface area contributed by atoms with Gasteiger partial charge in [-0.25, -0.2) is 4.79 Å². The van der Waals surface area contributed by atoms with Gasteiger partial charge in [0, 0.05) is 18.8 Å². The maximum absolute atomic E-state index is 12.5. The molecule has 1 saturated carbocycles. The van der Waals surface area contributed by atoms with Crippen LogP contribution in [0.4, 0.5) is 10.5 Å². The number of anilines is 1. The topological polar surface area (TPSA) is 41.6 Å². The van der Waals surface area contributed by atoms with Gasteiger partial charge in [0.1, 0.15) is 0 Å². The second kappa shape index (κ2) is 8.34. The molecule has 0 unspecified atom stereocenters. The zero-order valence-electron chi connectivity index (χ0n) is 14.8. The number of carbonyl (C=O) groups is 1. The third kappa shape index (κ3) is 5.24. The molecule has 1 aromatic carbocycles. The highest BCUT2D eigenvalue weighted by Crippen LogP contribution is 2.27. The number of urea groups is 1. The number of hydrogen-bond donors (Lipinski definition) is 1. The van der Waals surface area contributed by atoms with Crippen LogP contribution in [0.3, 0.4) is 0 Å². The van der Waals surface area contributed by atoms with Crippen molar-refractivity contribution >= 4 is 11.7 Å². The van der Waals surface area contributed by atoms with Gasteiger partial charge in [0.2, 0.25) is 0 Å². The summed E-state index contributed by atoms with van der Waals surface area (Å²) in [7, 11) is 1.91. The molecule has 128 valence electrons. The van der Waals surface area contributed by atoms with Crippen molar-refractivity contribution < 1.29 is 9.53 Å². The standard InChI is InChI=1S/C19H30N2O2/c1-14(2)23-13-16-9-7-10-17(12-16)20-19(22)21(4)18-11-6-5-8-15(18)3/h7,9-10,12,14-15,18H,5-6,8,11,13H2,1-4H3,(H,20,22)/t15-,18-/m0/s1. The van der Waals surface area contributed by atoms with Gasteiger partial charge in [-0.15, -0.1) is 0 Å². The lowest BCUT2D eigenvalue weighted by Gasteiger charge is -2.36. The number of nitrogens with one attached hydrogen (secondary N) is 1. The molecule has 0 heterocycles. The van der Waals surface area contributed by atoms with E-state index in [1.807, 2.05) is 50.1 Å². The lowest BCUT2D eigenvalue weighted by Crippen LogP contribution is -2.44.